The lowest BCUT2D eigenvalue weighted by Gasteiger charge is -1.92. The second-order valence-electron chi connectivity index (χ2n) is 2.08. The van der Waals surface area contributed by atoms with Crippen molar-refractivity contribution in [2.75, 3.05) is 0 Å². The highest BCUT2D eigenvalue weighted by Gasteiger charge is 2.02. The van der Waals surface area contributed by atoms with E-state index in [1.165, 1.54) is 0 Å². The van der Waals surface area contributed by atoms with E-state index in [0.29, 0.717) is 11.0 Å². The van der Waals surface area contributed by atoms with Crippen molar-refractivity contribution in [2.24, 2.45) is 0 Å². The fraction of sp³-hybridized carbons (Fsp3) is 0. The van der Waals surface area contributed by atoms with Crippen molar-refractivity contribution in [1.82, 2.24) is 15.1 Å². The largest absolute Gasteiger partial charge is 0.328 e. The summed E-state index contributed by atoms with van der Waals surface area (Å²) in [5, 5.41) is 4.00. The van der Waals surface area contributed by atoms with Gasteiger partial charge in [-0.2, -0.15) is 4.98 Å². The van der Waals surface area contributed by atoms with E-state index >= 15 is 0 Å². The van der Waals surface area contributed by atoms with Gasteiger partial charge in [0.25, 0.3) is 0 Å². The van der Waals surface area contributed by atoms with Crippen molar-refractivity contribution in [3.63, 3.8) is 0 Å². The Hall–Kier alpha value is -1.42. The summed E-state index contributed by atoms with van der Waals surface area (Å²) in [6, 6.07) is 3.39. The van der Waals surface area contributed by atoms with Gasteiger partial charge in [0.05, 0.1) is 0 Å². The Morgan fingerprint density at radius 2 is 2.42 bits per heavy atom. The zero-order valence-corrected chi connectivity index (χ0v) is 6.62. The predicted octanol–water partition coefficient (Wildman–Crippen LogP) is 1.59. The van der Waals surface area contributed by atoms with Gasteiger partial charge >= 0.3 is 6.39 Å². The summed E-state index contributed by atoms with van der Waals surface area (Å²) in [7, 11) is 0. The summed E-state index contributed by atoms with van der Waals surface area (Å²) in [5.41, 5.74) is 0.764. The average molecular weight is 181 g/mol. The van der Waals surface area contributed by atoms with E-state index < -0.39 is 0 Å². The van der Waals surface area contributed by atoms with Crippen molar-refractivity contribution < 1.29 is 4.52 Å². The molecule has 2 aromatic rings. The number of aromatic nitrogens is 3. The Kier molecular flexibility index (Phi) is 1.75. The van der Waals surface area contributed by atoms with Gasteiger partial charge in [-0.05, 0) is 12.1 Å². The minimum absolute atomic E-state index is 0.400. The number of pyridine rings is 1. The standard InChI is InChI=1S/C7H3ClN3O/c8-6-3-5(1-2-9-6)7-10-4-12-11-7/h1-3H. The fourth-order valence-corrected chi connectivity index (χ4v) is 0.980. The molecule has 0 N–H and O–H groups in total. The molecule has 0 aromatic carbocycles. The minimum atomic E-state index is 0.400. The second-order valence-corrected chi connectivity index (χ2v) is 2.46. The third kappa shape index (κ3) is 1.29. The Morgan fingerprint density at radius 1 is 1.50 bits per heavy atom. The van der Waals surface area contributed by atoms with Crippen LogP contribution in [0.1, 0.15) is 0 Å². The van der Waals surface area contributed by atoms with Crippen LogP contribution in [0.25, 0.3) is 11.4 Å². The lowest BCUT2D eigenvalue weighted by atomic mass is 10.3. The molecular formula is C7H3ClN3O. The van der Waals surface area contributed by atoms with Gasteiger partial charge in [0.15, 0.2) is 0 Å². The predicted molar refractivity (Wildman–Crippen MR) is 41.4 cm³/mol. The summed E-state index contributed by atoms with van der Waals surface area (Å²) in [4.78, 5) is 7.56. The van der Waals surface area contributed by atoms with Crippen LogP contribution in [0, 0.1) is 6.39 Å². The first-order valence-corrected chi connectivity index (χ1v) is 3.56. The molecule has 4 nitrogen and oxygen atoms in total. The number of rotatable bonds is 1. The van der Waals surface area contributed by atoms with Crippen molar-refractivity contribution in [2.45, 2.75) is 0 Å². The molecule has 0 saturated heterocycles. The lowest BCUT2D eigenvalue weighted by Crippen LogP contribution is -1.81. The molecule has 0 atom stereocenters. The van der Waals surface area contributed by atoms with E-state index in [1.807, 2.05) is 0 Å². The number of hydrogen-bond acceptors (Lipinski definition) is 4. The summed E-state index contributed by atoms with van der Waals surface area (Å²) in [6.45, 7) is 0. The van der Waals surface area contributed by atoms with E-state index in [0.717, 1.165) is 5.56 Å². The molecule has 12 heavy (non-hydrogen) atoms. The molecule has 2 aromatic heterocycles. The van der Waals surface area contributed by atoms with Crippen LogP contribution in [-0.2, 0) is 0 Å². The van der Waals surface area contributed by atoms with Crippen LogP contribution in [0.2, 0.25) is 5.15 Å². The lowest BCUT2D eigenvalue weighted by molar-refractivity contribution is 0.411. The van der Waals surface area contributed by atoms with E-state index in [2.05, 4.69) is 26.0 Å². The molecule has 0 amide bonds. The van der Waals surface area contributed by atoms with Gasteiger partial charge in [0.2, 0.25) is 5.82 Å². The van der Waals surface area contributed by atoms with Gasteiger partial charge in [-0.3, -0.25) is 0 Å². The third-order valence-electron chi connectivity index (χ3n) is 1.31. The Morgan fingerprint density at radius 3 is 3.08 bits per heavy atom. The quantitative estimate of drug-likeness (QED) is 0.626. The molecule has 59 valence electrons. The highest BCUT2D eigenvalue weighted by atomic mass is 35.5. The average Bonchev–Trinajstić information content (AvgIpc) is 2.56. The minimum Gasteiger partial charge on any atom is -0.328 e. The number of nitrogens with zero attached hydrogens (tertiary/aromatic N) is 3. The molecule has 0 spiro atoms. The van der Waals surface area contributed by atoms with Crippen LogP contribution < -0.4 is 0 Å². The summed E-state index contributed by atoms with van der Waals surface area (Å²) in [5.74, 6) is 0.458. The van der Waals surface area contributed by atoms with E-state index in [1.54, 1.807) is 18.3 Å². The summed E-state index contributed by atoms with van der Waals surface area (Å²) in [6.07, 6.45) is 3.83. The van der Waals surface area contributed by atoms with Gasteiger partial charge in [0, 0.05) is 11.8 Å². The maximum absolute atomic E-state index is 5.65. The molecule has 0 unspecified atom stereocenters. The van der Waals surface area contributed by atoms with E-state index in [9.17, 15) is 0 Å². The van der Waals surface area contributed by atoms with Crippen molar-refractivity contribution in [1.29, 1.82) is 0 Å². The molecule has 0 bridgehead atoms. The van der Waals surface area contributed by atoms with Gasteiger partial charge in [-0.1, -0.05) is 16.8 Å². The highest BCUT2D eigenvalue weighted by Crippen LogP contribution is 2.16. The van der Waals surface area contributed by atoms with Crippen molar-refractivity contribution in [3.05, 3.63) is 29.9 Å². The zero-order valence-electron chi connectivity index (χ0n) is 5.86. The monoisotopic (exact) mass is 180 g/mol. The van der Waals surface area contributed by atoms with Crippen LogP contribution >= 0.6 is 11.6 Å². The highest BCUT2D eigenvalue weighted by molar-refractivity contribution is 6.29. The summed E-state index contributed by atoms with van der Waals surface area (Å²) >= 11 is 5.65. The topological polar surface area (TPSA) is 51.8 Å². The molecule has 2 heterocycles. The van der Waals surface area contributed by atoms with Crippen LogP contribution in [-0.4, -0.2) is 15.1 Å². The van der Waals surface area contributed by atoms with Crippen molar-refractivity contribution in [3.8, 4) is 11.4 Å². The van der Waals surface area contributed by atoms with Gasteiger partial charge in [-0.25, -0.2) is 4.98 Å². The van der Waals surface area contributed by atoms with Crippen LogP contribution in [0.15, 0.2) is 22.9 Å². The molecule has 0 fully saturated rings. The zero-order chi connectivity index (χ0) is 8.39. The molecule has 0 aliphatic rings. The molecule has 0 aliphatic heterocycles. The third-order valence-corrected chi connectivity index (χ3v) is 1.52. The molecule has 0 saturated carbocycles. The number of hydrogen-bond donors (Lipinski definition) is 0. The first-order valence-electron chi connectivity index (χ1n) is 3.18. The molecular weight excluding hydrogens is 178 g/mol. The van der Waals surface area contributed by atoms with Gasteiger partial charge < -0.3 is 4.52 Å². The maximum atomic E-state index is 5.65. The Labute approximate surface area is 73.2 Å². The van der Waals surface area contributed by atoms with Gasteiger partial charge in [-0.15, -0.1) is 0 Å². The molecule has 1 radical (unpaired) electrons. The van der Waals surface area contributed by atoms with Crippen LogP contribution in [0.4, 0.5) is 0 Å². The smallest absolute Gasteiger partial charge is 0.316 e. The van der Waals surface area contributed by atoms with E-state index in [-0.39, 0.29) is 0 Å². The summed E-state index contributed by atoms with van der Waals surface area (Å²) < 4.78 is 4.46. The first-order chi connectivity index (χ1) is 5.86. The van der Waals surface area contributed by atoms with Crippen molar-refractivity contribution >= 4 is 11.6 Å². The van der Waals surface area contributed by atoms with Gasteiger partial charge in [0.1, 0.15) is 5.15 Å². The molecule has 5 heteroatoms. The Balaban J connectivity index is 2.48. The van der Waals surface area contributed by atoms with E-state index in [4.69, 9.17) is 11.6 Å². The fourth-order valence-electron chi connectivity index (χ4n) is 0.807. The maximum Gasteiger partial charge on any atom is 0.316 e. The molecule has 0 aliphatic carbocycles. The normalized spacial score (nSPS) is 10.1. The Bertz CT molecular complexity index is 374. The second kappa shape index (κ2) is 2.91. The van der Waals surface area contributed by atoms with Crippen LogP contribution in [0.3, 0.4) is 0 Å². The first kappa shape index (κ1) is 7.24. The van der Waals surface area contributed by atoms with Crippen LogP contribution in [0.5, 0.6) is 0 Å². The SMILES string of the molecule is Clc1cc(-c2n[c]on2)ccn1. The number of halogens is 1. The molecule has 2 rings (SSSR count).